The summed E-state index contributed by atoms with van der Waals surface area (Å²) in [6, 6.07) is 13.5. The van der Waals surface area contributed by atoms with Crippen LogP contribution in [0.25, 0.3) is 0 Å². The zero-order chi connectivity index (χ0) is 32.4. The maximum Gasteiger partial charge on any atom is 0.404 e. The maximum absolute atomic E-state index is 14.2. The fraction of sp³-hybridized carbons (Fsp3) is 0.441. The van der Waals surface area contributed by atoms with Crippen LogP contribution in [0.5, 0.6) is 5.75 Å². The lowest BCUT2D eigenvalue weighted by molar-refractivity contribution is -0.138. The Morgan fingerprint density at radius 2 is 1.85 bits per heavy atom. The van der Waals surface area contributed by atoms with Crippen molar-refractivity contribution >= 4 is 52.6 Å². The smallest absolute Gasteiger partial charge is 0.404 e. The molecule has 0 unspecified atom stereocenters. The van der Waals surface area contributed by atoms with E-state index in [9.17, 15) is 9.59 Å². The Hall–Kier alpha value is -3.24. The Morgan fingerprint density at radius 1 is 1.07 bits per heavy atom. The summed E-state index contributed by atoms with van der Waals surface area (Å²) in [5, 5.41) is 16.4. The van der Waals surface area contributed by atoms with Gasteiger partial charge < -0.3 is 30.3 Å². The SMILES string of the molecule is Cc1cc(Cl)c(O[C@H]2CCN(c3ccc([C@H]4CCNC[C@@H]4C(=O)N(Cc4cc(CNC(=O)O)ccc4Cl)C4CC4)cn3)C2)c(Cl)c1. The number of hydrogen-bond donors (Lipinski definition) is 3. The van der Waals surface area contributed by atoms with Crippen LogP contribution < -0.4 is 20.3 Å². The van der Waals surface area contributed by atoms with Crippen LogP contribution in [0.15, 0.2) is 48.7 Å². The second kappa shape index (κ2) is 14.3. The van der Waals surface area contributed by atoms with E-state index in [2.05, 4.69) is 21.6 Å². The molecule has 3 aromatic rings. The number of pyridine rings is 1. The number of carbonyl (C=O) groups excluding carboxylic acids is 1. The van der Waals surface area contributed by atoms with E-state index < -0.39 is 6.09 Å². The van der Waals surface area contributed by atoms with Gasteiger partial charge in [0, 0.05) is 49.9 Å². The molecule has 12 heteroatoms. The van der Waals surface area contributed by atoms with Crippen molar-refractivity contribution in [3.63, 3.8) is 0 Å². The van der Waals surface area contributed by atoms with Crippen molar-refractivity contribution < 1.29 is 19.4 Å². The van der Waals surface area contributed by atoms with Crippen molar-refractivity contribution in [2.24, 2.45) is 5.92 Å². The molecule has 3 aliphatic rings. The van der Waals surface area contributed by atoms with Gasteiger partial charge in [-0.1, -0.05) is 53.0 Å². The number of rotatable bonds is 10. The molecule has 3 heterocycles. The van der Waals surface area contributed by atoms with Gasteiger partial charge in [0.1, 0.15) is 11.9 Å². The topological polar surface area (TPSA) is 107 Å². The van der Waals surface area contributed by atoms with E-state index in [-0.39, 0.29) is 36.4 Å². The van der Waals surface area contributed by atoms with Gasteiger partial charge in [0.15, 0.2) is 5.75 Å². The van der Waals surface area contributed by atoms with Crippen LogP contribution >= 0.6 is 34.8 Å². The molecular formula is C34H38Cl3N5O4. The van der Waals surface area contributed by atoms with E-state index in [4.69, 9.17) is 49.6 Å². The number of hydrogen-bond acceptors (Lipinski definition) is 6. The number of halogens is 3. The molecule has 2 aromatic carbocycles. The van der Waals surface area contributed by atoms with E-state index in [1.165, 1.54) is 0 Å². The number of nitrogens with zero attached hydrogens (tertiary/aromatic N) is 3. The number of aryl methyl sites for hydroxylation is 1. The first kappa shape index (κ1) is 32.7. The third-order valence-electron chi connectivity index (χ3n) is 9.06. The number of piperidine rings is 1. The summed E-state index contributed by atoms with van der Waals surface area (Å²) in [5.74, 6) is 1.32. The van der Waals surface area contributed by atoms with Crippen LogP contribution in [0.3, 0.4) is 0 Å². The predicted molar refractivity (Wildman–Crippen MR) is 180 cm³/mol. The second-order valence-corrected chi connectivity index (χ2v) is 13.7. The van der Waals surface area contributed by atoms with Crippen LogP contribution in [0.4, 0.5) is 10.6 Å². The summed E-state index contributed by atoms with van der Waals surface area (Å²) >= 11 is 19.4. The fourth-order valence-corrected chi connectivity index (χ4v) is 7.39. The van der Waals surface area contributed by atoms with Gasteiger partial charge in [-0.15, -0.1) is 0 Å². The quantitative estimate of drug-likeness (QED) is 0.219. The van der Waals surface area contributed by atoms with Crippen molar-refractivity contribution in [3.8, 4) is 5.75 Å². The summed E-state index contributed by atoms with van der Waals surface area (Å²) in [4.78, 5) is 34.2. The summed E-state index contributed by atoms with van der Waals surface area (Å²) < 4.78 is 6.21. The summed E-state index contributed by atoms with van der Waals surface area (Å²) in [6.45, 7) is 5.42. The van der Waals surface area contributed by atoms with E-state index >= 15 is 0 Å². The molecule has 2 amide bonds. The fourth-order valence-electron chi connectivity index (χ4n) is 6.53. The standard InChI is InChI=1S/C34H38Cl3N5O4/c1-20-12-29(36)32(30(37)13-20)46-25-9-11-41(19-25)31-7-3-22(16-39-31)26-8-10-38-17-27(26)33(43)42(24-4-5-24)18-23-14-21(2-6-28(23)35)15-40-34(44)45/h2-3,6-7,12-14,16,24-27,38,40H,4-5,8-11,15,17-19H2,1H3,(H,44,45)/t25-,26+,27-/m0/s1. The molecule has 1 saturated carbocycles. The highest BCUT2D eigenvalue weighted by Crippen LogP contribution is 2.38. The largest absolute Gasteiger partial charge is 0.485 e. The first-order valence-corrected chi connectivity index (χ1v) is 16.9. The highest BCUT2D eigenvalue weighted by molar-refractivity contribution is 6.37. The Morgan fingerprint density at radius 3 is 2.54 bits per heavy atom. The molecule has 3 fully saturated rings. The van der Waals surface area contributed by atoms with Crippen LogP contribution in [-0.2, 0) is 17.9 Å². The number of nitrogens with one attached hydrogen (secondary N) is 2. The number of aromatic nitrogens is 1. The highest BCUT2D eigenvalue weighted by atomic mass is 35.5. The third kappa shape index (κ3) is 7.65. The Bertz CT molecular complexity index is 1560. The van der Waals surface area contributed by atoms with Gasteiger partial charge in [0.05, 0.1) is 22.5 Å². The van der Waals surface area contributed by atoms with Crippen LogP contribution in [-0.4, -0.2) is 65.3 Å². The average Bonchev–Trinajstić information content (AvgIpc) is 3.78. The first-order valence-electron chi connectivity index (χ1n) is 15.7. The number of benzene rings is 2. The molecule has 6 rings (SSSR count). The average molecular weight is 687 g/mol. The number of carbonyl (C=O) groups is 2. The predicted octanol–water partition coefficient (Wildman–Crippen LogP) is 6.66. The van der Waals surface area contributed by atoms with Crippen LogP contribution in [0.2, 0.25) is 15.1 Å². The molecule has 0 radical (unpaired) electrons. The monoisotopic (exact) mass is 685 g/mol. The Kier molecular flexibility index (Phi) is 10.1. The van der Waals surface area contributed by atoms with Gasteiger partial charge in [0.2, 0.25) is 5.91 Å². The molecule has 3 atom stereocenters. The summed E-state index contributed by atoms with van der Waals surface area (Å²) in [6.07, 6.45) is 4.38. The van der Waals surface area contributed by atoms with E-state index in [1.54, 1.807) is 12.1 Å². The van der Waals surface area contributed by atoms with E-state index in [0.29, 0.717) is 40.5 Å². The normalized spacial score (nSPS) is 21.2. The van der Waals surface area contributed by atoms with Gasteiger partial charge in [-0.25, -0.2) is 9.78 Å². The van der Waals surface area contributed by atoms with E-state index in [0.717, 1.165) is 66.8 Å². The minimum absolute atomic E-state index is 0.0404. The molecule has 1 aliphatic carbocycles. The van der Waals surface area contributed by atoms with Crippen LogP contribution in [0.1, 0.15) is 53.9 Å². The van der Waals surface area contributed by atoms with Gasteiger partial charge in [0.25, 0.3) is 0 Å². The Balaban J connectivity index is 1.13. The van der Waals surface area contributed by atoms with Crippen molar-refractivity contribution in [3.05, 3.63) is 86.0 Å². The maximum atomic E-state index is 14.2. The molecule has 0 bridgehead atoms. The number of amides is 2. The molecule has 2 aliphatic heterocycles. The lowest BCUT2D eigenvalue weighted by Gasteiger charge is -2.36. The lowest BCUT2D eigenvalue weighted by atomic mass is 9.80. The number of ether oxygens (including phenoxy) is 1. The summed E-state index contributed by atoms with van der Waals surface area (Å²) in [5.41, 5.74) is 3.66. The molecule has 9 nitrogen and oxygen atoms in total. The third-order valence-corrected chi connectivity index (χ3v) is 9.99. The highest BCUT2D eigenvalue weighted by Gasteiger charge is 2.40. The Labute approximate surface area is 284 Å². The van der Waals surface area contributed by atoms with Gasteiger partial charge in [-0.2, -0.15) is 0 Å². The minimum Gasteiger partial charge on any atom is -0.485 e. The zero-order valence-corrected chi connectivity index (χ0v) is 27.9. The van der Waals surface area contributed by atoms with Crippen molar-refractivity contribution in [1.82, 2.24) is 20.5 Å². The van der Waals surface area contributed by atoms with Crippen molar-refractivity contribution in [2.45, 2.75) is 63.8 Å². The van der Waals surface area contributed by atoms with Crippen LogP contribution in [0, 0.1) is 12.8 Å². The van der Waals surface area contributed by atoms with Gasteiger partial charge >= 0.3 is 6.09 Å². The molecule has 244 valence electrons. The molecule has 2 saturated heterocycles. The number of anilines is 1. The zero-order valence-electron chi connectivity index (χ0n) is 25.6. The molecule has 1 aromatic heterocycles. The number of carboxylic acid groups (broad SMARTS) is 1. The van der Waals surface area contributed by atoms with Gasteiger partial charge in [-0.3, -0.25) is 4.79 Å². The molecule has 0 spiro atoms. The molecular weight excluding hydrogens is 649 g/mol. The lowest BCUT2D eigenvalue weighted by Crippen LogP contribution is -2.47. The second-order valence-electron chi connectivity index (χ2n) is 12.5. The van der Waals surface area contributed by atoms with Crippen molar-refractivity contribution in [2.75, 3.05) is 31.1 Å². The van der Waals surface area contributed by atoms with E-state index in [1.807, 2.05) is 42.3 Å². The van der Waals surface area contributed by atoms with Crippen molar-refractivity contribution in [1.29, 1.82) is 0 Å². The van der Waals surface area contributed by atoms with Gasteiger partial charge in [-0.05, 0) is 85.2 Å². The first-order chi connectivity index (χ1) is 22.2. The minimum atomic E-state index is -1.09. The summed E-state index contributed by atoms with van der Waals surface area (Å²) in [7, 11) is 0. The molecule has 3 N–H and O–H groups in total. The molecule has 46 heavy (non-hydrogen) atoms.